The topological polar surface area (TPSA) is 52.9 Å². The van der Waals surface area contributed by atoms with Crippen molar-refractivity contribution in [3.8, 4) is 6.07 Å². The Labute approximate surface area is 138 Å². The fourth-order valence-electron chi connectivity index (χ4n) is 2.01. The molecule has 0 aliphatic heterocycles. The van der Waals surface area contributed by atoms with Crippen molar-refractivity contribution in [1.82, 2.24) is 0 Å². The molecule has 0 bridgehead atoms. The predicted molar refractivity (Wildman–Crippen MR) is 88.8 cm³/mol. The standard InChI is InChI=1S/C19H14F2N2O/c1-13(9-14-5-3-2-4-6-14)10-15(12-22)19(24)23-18-8-7-16(20)11-17(18)21/h2-11H,1H3,(H,23,24)/b13-9+,15-10+. The Hall–Kier alpha value is -3.26. The fourth-order valence-corrected chi connectivity index (χ4v) is 2.01. The Morgan fingerprint density at radius 1 is 1.17 bits per heavy atom. The van der Waals surface area contributed by atoms with Crippen molar-refractivity contribution in [2.24, 2.45) is 0 Å². The number of carbonyl (C=O) groups excluding carboxylic acids is 1. The number of benzene rings is 2. The third-order valence-electron chi connectivity index (χ3n) is 3.11. The first-order valence-corrected chi connectivity index (χ1v) is 7.11. The van der Waals surface area contributed by atoms with E-state index in [9.17, 15) is 13.6 Å². The Morgan fingerprint density at radius 2 is 1.88 bits per heavy atom. The highest BCUT2D eigenvalue weighted by molar-refractivity contribution is 6.07. The van der Waals surface area contributed by atoms with E-state index in [1.807, 2.05) is 36.4 Å². The number of rotatable bonds is 4. The smallest absolute Gasteiger partial charge is 0.266 e. The van der Waals surface area contributed by atoms with E-state index in [2.05, 4.69) is 5.32 Å². The highest BCUT2D eigenvalue weighted by Gasteiger charge is 2.12. The van der Waals surface area contributed by atoms with Crippen LogP contribution in [0.2, 0.25) is 0 Å². The van der Waals surface area contributed by atoms with Crippen molar-refractivity contribution < 1.29 is 13.6 Å². The van der Waals surface area contributed by atoms with Crippen LogP contribution in [0.15, 0.2) is 65.8 Å². The van der Waals surface area contributed by atoms with Crippen molar-refractivity contribution in [3.63, 3.8) is 0 Å². The van der Waals surface area contributed by atoms with Crippen LogP contribution in [-0.4, -0.2) is 5.91 Å². The van der Waals surface area contributed by atoms with Gasteiger partial charge >= 0.3 is 0 Å². The maximum atomic E-state index is 13.6. The van der Waals surface area contributed by atoms with Gasteiger partial charge in [0.1, 0.15) is 23.3 Å². The van der Waals surface area contributed by atoms with E-state index < -0.39 is 17.5 Å². The molecule has 0 unspecified atom stereocenters. The number of allylic oxidation sites excluding steroid dienone is 2. The molecule has 0 saturated heterocycles. The lowest BCUT2D eigenvalue weighted by Gasteiger charge is -2.05. The molecule has 0 saturated carbocycles. The molecule has 0 spiro atoms. The lowest BCUT2D eigenvalue weighted by atomic mass is 10.1. The predicted octanol–water partition coefficient (Wildman–Crippen LogP) is 4.46. The molecule has 1 amide bonds. The molecular weight excluding hydrogens is 310 g/mol. The molecular formula is C19H14F2N2O. The fraction of sp³-hybridized carbons (Fsp3) is 0.0526. The highest BCUT2D eigenvalue weighted by Crippen LogP contribution is 2.16. The third kappa shape index (κ3) is 4.62. The summed E-state index contributed by atoms with van der Waals surface area (Å²) >= 11 is 0. The average molecular weight is 324 g/mol. The van der Waals surface area contributed by atoms with E-state index in [1.165, 1.54) is 6.08 Å². The second kappa shape index (κ2) is 7.84. The molecule has 0 atom stereocenters. The molecule has 120 valence electrons. The van der Waals surface area contributed by atoms with Crippen molar-refractivity contribution in [2.75, 3.05) is 5.32 Å². The van der Waals surface area contributed by atoms with Crippen LogP contribution in [0.5, 0.6) is 0 Å². The lowest BCUT2D eigenvalue weighted by molar-refractivity contribution is -0.112. The molecule has 2 aromatic rings. The van der Waals surface area contributed by atoms with Crippen LogP contribution < -0.4 is 5.32 Å². The van der Waals surface area contributed by atoms with Crippen molar-refractivity contribution >= 4 is 17.7 Å². The SMILES string of the molecule is CC(=C\c1ccccc1)/C=C(\C#N)C(=O)Nc1ccc(F)cc1F. The number of hydrogen-bond donors (Lipinski definition) is 1. The summed E-state index contributed by atoms with van der Waals surface area (Å²) in [5.74, 6) is -2.41. The van der Waals surface area contributed by atoms with Crippen molar-refractivity contribution in [3.05, 3.63) is 83.0 Å². The van der Waals surface area contributed by atoms with Gasteiger partial charge in [-0.05, 0) is 36.3 Å². The molecule has 0 radical (unpaired) electrons. The third-order valence-corrected chi connectivity index (χ3v) is 3.11. The summed E-state index contributed by atoms with van der Waals surface area (Å²) in [7, 11) is 0. The Balaban J connectivity index is 2.19. The summed E-state index contributed by atoms with van der Waals surface area (Å²) in [6.45, 7) is 1.75. The van der Waals surface area contributed by atoms with Crippen LogP contribution in [0.1, 0.15) is 12.5 Å². The number of halogens is 2. The molecule has 2 rings (SSSR count). The first-order valence-electron chi connectivity index (χ1n) is 7.11. The second-order valence-electron chi connectivity index (χ2n) is 5.05. The van der Waals surface area contributed by atoms with Crippen LogP contribution in [0.3, 0.4) is 0 Å². The monoisotopic (exact) mass is 324 g/mol. The Kier molecular flexibility index (Phi) is 5.58. The summed E-state index contributed by atoms with van der Waals surface area (Å²) < 4.78 is 26.4. The van der Waals surface area contributed by atoms with Crippen LogP contribution in [-0.2, 0) is 4.79 Å². The molecule has 0 heterocycles. The minimum absolute atomic E-state index is 0.177. The highest BCUT2D eigenvalue weighted by atomic mass is 19.1. The van der Waals surface area contributed by atoms with Gasteiger partial charge in [0.25, 0.3) is 5.91 Å². The Morgan fingerprint density at radius 3 is 2.50 bits per heavy atom. The Bertz CT molecular complexity index is 849. The molecule has 0 aromatic heterocycles. The van der Waals surface area contributed by atoms with Gasteiger partial charge in [-0.2, -0.15) is 5.26 Å². The molecule has 0 fully saturated rings. The first-order chi connectivity index (χ1) is 11.5. The summed E-state index contributed by atoms with van der Waals surface area (Å²) in [5.41, 5.74) is 1.25. The number of carbonyl (C=O) groups is 1. The van der Waals surface area contributed by atoms with Gasteiger partial charge in [-0.3, -0.25) is 4.79 Å². The van der Waals surface area contributed by atoms with Crippen LogP contribution in [0.4, 0.5) is 14.5 Å². The quantitative estimate of drug-likeness (QED) is 0.513. The van der Waals surface area contributed by atoms with Crippen LogP contribution in [0, 0.1) is 23.0 Å². The van der Waals surface area contributed by atoms with E-state index in [0.29, 0.717) is 11.6 Å². The molecule has 24 heavy (non-hydrogen) atoms. The average Bonchev–Trinajstić information content (AvgIpc) is 2.56. The van der Waals surface area contributed by atoms with Gasteiger partial charge in [0.05, 0.1) is 5.69 Å². The zero-order valence-electron chi connectivity index (χ0n) is 12.9. The van der Waals surface area contributed by atoms with Crippen molar-refractivity contribution in [2.45, 2.75) is 6.92 Å². The van der Waals surface area contributed by atoms with Gasteiger partial charge in [0, 0.05) is 6.07 Å². The van der Waals surface area contributed by atoms with E-state index in [0.717, 1.165) is 17.7 Å². The molecule has 2 aromatic carbocycles. The van der Waals surface area contributed by atoms with Crippen molar-refractivity contribution in [1.29, 1.82) is 5.26 Å². The van der Waals surface area contributed by atoms with E-state index in [1.54, 1.807) is 13.0 Å². The molecule has 5 heteroatoms. The van der Waals surface area contributed by atoms with E-state index >= 15 is 0 Å². The first kappa shape index (κ1) is 17.1. The lowest BCUT2D eigenvalue weighted by Crippen LogP contribution is -2.14. The number of nitriles is 1. The number of nitrogens with one attached hydrogen (secondary N) is 1. The van der Waals surface area contributed by atoms with Gasteiger partial charge in [0.15, 0.2) is 0 Å². The van der Waals surface area contributed by atoms with Gasteiger partial charge in [0.2, 0.25) is 0 Å². The van der Waals surface area contributed by atoms with Gasteiger partial charge < -0.3 is 5.32 Å². The maximum Gasteiger partial charge on any atom is 0.266 e. The summed E-state index contributed by atoms with van der Waals surface area (Å²) in [5, 5.41) is 11.4. The van der Waals surface area contributed by atoms with E-state index in [-0.39, 0.29) is 11.3 Å². The number of nitrogens with zero attached hydrogens (tertiary/aromatic N) is 1. The maximum absolute atomic E-state index is 13.6. The number of hydrogen-bond acceptors (Lipinski definition) is 2. The normalized spacial score (nSPS) is 11.8. The van der Waals surface area contributed by atoms with Crippen LogP contribution in [0.25, 0.3) is 6.08 Å². The minimum atomic E-state index is -0.905. The second-order valence-corrected chi connectivity index (χ2v) is 5.05. The van der Waals surface area contributed by atoms with E-state index in [4.69, 9.17) is 5.26 Å². The van der Waals surface area contributed by atoms with Gasteiger partial charge in [-0.25, -0.2) is 8.78 Å². The molecule has 0 aliphatic rings. The largest absolute Gasteiger partial charge is 0.319 e. The number of anilines is 1. The number of amides is 1. The van der Waals surface area contributed by atoms with Gasteiger partial charge in [-0.15, -0.1) is 0 Å². The molecule has 0 aliphatic carbocycles. The summed E-state index contributed by atoms with van der Waals surface area (Å²) in [6, 6.07) is 14.0. The van der Waals surface area contributed by atoms with Crippen LogP contribution >= 0.6 is 0 Å². The molecule has 1 N–H and O–H groups in total. The minimum Gasteiger partial charge on any atom is -0.319 e. The summed E-state index contributed by atoms with van der Waals surface area (Å²) in [4.78, 5) is 12.1. The molecule has 3 nitrogen and oxygen atoms in total. The summed E-state index contributed by atoms with van der Waals surface area (Å²) in [6.07, 6.45) is 3.22. The zero-order valence-corrected chi connectivity index (χ0v) is 12.9. The van der Waals surface area contributed by atoms with Gasteiger partial charge in [-0.1, -0.05) is 36.4 Å². The zero-order chi connectivity index (χ0) is 17.5.